The number of hydrogen-bond donors (Lipinski definition) is 1. The predicted molar refractivity (Wildman–Crippen MR) is 61.0 cm³/mol. The van der Waals surface area contributed by atoms with Crippen molar-refractivity contribution in [3.8, 4) is 0 Å². The summed E-state index contributed by atoms with van der Waals surface area (Å²) in [5.41, 5.74) is 1.99. The first kappa shape index (κ1) is 10.1. The van der Waals surface area contributed by atoms with Crippen molar-refractivity contribution in [2.45, 2.75) is 12.8 Å². The van der Waals surface area contributed by atoms with Crippen LogP contribution in [0.15, 0.2) is 42.0 Å². The summed E-state index contributed by atoms with van der Waals surface area (Å²) in [7, 11) is 0. The molecule has 1 N–H and O–H groups in total. The minimum Gasteiger partial charge on any atom is -0.313 e. The summed E-state index contributed by atoms with van der Waals surface area (Å²) in [6.45, 7) is 1.93. The lowest BCUT2D eigenvalue weighted by Crippen LogP contribution is -2.24. The van der Waals surface area contributed by atoms with Crippen LogP contribution < -0.4 is 5.32 Å². The standard InChI is InChI=1S/C13H15NO/c15-13(12-6-2-1-3-7-12)9-11-5-4-8-14-10-11/h1-3,6-7,9,14H,4-5,8,10H2. The Morgan fingerprint density at radius 1 is 1.27 bits per heavy atom. The number of hydrogen-bond acceptors (Lipinski definition) is 2. The van der Waals surface area contributed by atoms with Crippen molar-refractivity contribution in [1.29, 1.82) is 0 Å². The van der Waals surface area contributed by atoms with E-state index in [0.29, 0.717) is 0 Å². The molecule has 1 aliphatic heterocycles. The molecule has 1 saturated heterocycles. The van der Waals surface area contributed by atoms with Crippen molar-refractivity contribution in [2.75, 3.05) is 13.1 Å². The highest BCUT2D eigenvalue weighted by Gasteiger charge is 2.07. The zero-order valence-electron chi connectivity index (χ0n) is 8.70. The van der Waals surface area contributed by atoms with E-state index < -0.39 is 0 Å². The minimum atomic E-state index is 0.120. The fraction of sp³-hybridized carbons (Fsp3) is 0.308. The zero-order chi connectivity index (χ0) is 10.5. The average Bonchev–Trinajstić information content (AvgIpc) is 2.31. The van der Waals surface area contributed by atoms with Gasteiger partial charge in [0.1, 0.15) is 0 Å². The van der Waals surface area contributed by atoms with Crippen LogP contribution in [-0.4, -0.2) is 18.9 Å². The number of benzene rings is 1. The highest BCUT2D eigenvalue weighted by atomic mass is 16.1. The van der Waals surface area contributed by atoms with Crippen molar-refractivity contribution in [1.82, 2.24) is 5.32 Å². The maximum atomic E-state index is 11.8. The highest BCUT2D eigenvalue weighted by molar-refractivity contribution is 6.04. The van der Waals surface area contributed by atoms with Crippen LogP contribution in [0.5, 0.6) is 0 Å². The van der Waals surface area contributed by atoms with Gasteiger partial charge in [0.15, 0.2) is 5.78 Å². The first-order chi connectivity index (χ1) is 7.36. The number of carbonyl (C=O) groups is 1. The van der Waals surface area contributed by atoms with Crippen molar-refractivity contribution in [3.05, 3.63) is 47.5 Å². The molecule has 0 spiro atoms. The third-order valence-corrected chi connectivity index (χ3v) is 2.60. The molecule has 0 amide bonds. The minimum absolute atomic E-state index is 0.120. The molecule has 1 aliphatic rings. The molecule has 0 bridgehead atoms. The van der Waals surface area contributed by atoms with Gasteiger partial charge in [-0.05, 0) is 25.5 Å². The molecule has 2 heteroatoms. The van der Waals surface area contributed by atoms with E-state index in [4.69, 9.17) is 0 Å². The number of nitrogens with one attached hydrogen (secondary N) is 1. The van der Waals surface area contributed by atoms with Crippen LogP contribution in [0.25, 0.3) is 0 Å². The molecule has 0 atom stereocenters. The first-order valence-corrected chi connectivity index (χ1v) is 5.36. The maximum absolute atomic E-state index is 11.8. The lowest BCUT2D eigenvalue weighted by atomic mass is 10.0. The summed E-state index contributed by atoms with van der Waals surface area (Å²) < 4.78 is 0. The molecular weight excluding hydrogens is 186 g/mol. The van der Waals surface area contributed by atoms with E-state index in [0.717, 1.165) is 31.5 Å². The van der Waals surface area contributed by atoms with Gasteiger partial charge >= 0.3 is 0 Å². The number of rotatable bonds is 2. The van der Waals surface area contributed by atoms with Gasteiger partial charge in [-0.1, -0.05) is 35.9 Å². The molecule has 15 heavy (non-hydrogen) atoms. The summed E-state index contributed by atoms with van der Waals surface area (Å²) in [6.07, 6.45) is 3.96. The maximum Gasteiger partial charge on any atom is 0.185 e. The Kier molecular flexibility index (Phi) is 3.30. The third-order valence-electron chi connectivity index (χ3n) is 2.60. The summed E-state index contributed by atoms with van der Waals surface area (Å²) >= 11 is 0. The molecule has 1 aromatic carbocycles. The van der Waals surface area contributed by atoms with Crippen LogP contribution in [-0.2, 0) is 0 Å². The van der Waals surface area contributed by atoms with Crippen molar-refractivity contribution < 1.29 is 4.79 Å². The monoisotopic (exact) mass is 201 g/mol. The van der Waals surface area contributed by atoms with Crippen molar-refractivity contribution >= 4 is 5.78 Å². The lowest BCUT2D eigenvalue weighted by Gasteiger charge is -2.14. The van der Waals surface area contributed by atoms with E-state index in [9.17, 15) is 4.79 Å². The second-order valence-electron chi connectivity index (χ2n) is 3.81. The topological polar surface area (TPSA) is 29.1 Å². The van der Waals surface area contributed by atoms with E-state index in [-0.39, 0.29) is 5.78 Å². The van der Waals surface area contributed by atoms with Crippen LogP contribution in [0.3, 0.4) is 0 Å². The Balaban J connectivity index is 2.08. The third kappa shape index (κ3) is 2.77. The summed E-state index contributed by atoms with van der Waals surface area (Å²) in [5, 5.41) is 3.27. The number of allylic oxidation sites excluding steroid dienone is 1. The molecule has 0 saturated carbocycles. The van der Waals surface area contributed by atoms with E-state index in [1.807, 2.05) is 30.3 Å². The highest BCUT2D eigenvalue weighted by Crippen LogP contribution is 2.10. The van der Waals surface area contributed by atoms with E-state index in [1.54, 1.807) is 6.08 Å². The molecule has 78 valence electrons. The Labute approximate surface area is 90.0 Å². The first-order valence-electron chi connectivity index (χ1n) is 5.36. The Bertz CT molecular complexity index is 359. The second-order valence-corrected chi connectivity index (χ2v) is 3.81. The van der Waals surface area contributed by atoms with Gasteiger partial charge in [0, 0.05) is 12.1 Å². The van der Waals surface area contributed by atoms with Gasteiger partial charge in [0.25, 0.3) is 0 Å². The number of ketones is 1. The van der Waals surface area contributed by atoms with Gasteiger partial charge in [-0.2, -0.15) is 0 Å². The predicted octanol–water partition coefficient (Wildman–Crippen LogP) is 2.18. The summed E-state index contributed by atoms with van der Waals surface area (Å²) in [6, 6.07) is 9.42. The van der Waals surface area contributed by atoms with Crippen molar-refractivity contribution in [3.63, 3.8) is 0 Å². The van der Waals surface area contributed by atoms with Crippen LogP contribution >= 0.6 is 0 Å². The van der Waals surface area contributed by atoms with E-state index in [2.05, 4.69) is 5.32 Å². The molecule has 0 unspecified atom stereocenters. The van der Waals surface area contributed by atoms with Gasteiger partial charge in [0.05, 0.1) is 0 Å². The van der Waals surface area contributed by atoms with Gasteiger partial charge in [-0.15, -0.1) is 0 Å². The Morgan fingerprint density at radius 3 is 2.73 bits per heavy atom. The second kappa shape index (κ2) is 4.89. The normalized spacial score (nSPS) is 19.1. The van der Waals surface area contributed by atoms with Crippen LogP contribution in [0.1, 0.15) is 23.2 Å². The SMILES string of the molecule is O=C(C=C1CCCNC1)c1ccccc1. The molecular formula is C13H15NO. The fourth-order valence-electron chi connectivity index (χ4n) is 1.77. The van der Waals surface area contributed by atoms with Crippen LogP contribution in [0.4, 0.5) is 0 Å². The number of carbonyl (C=O) groups excluding carboxylic acids is 1. The van der Waals surface area contributed by atoms with Gasteiger partial charge in [-0.3, -0.25) is 4.79 Å². The molecule has 1 aromatic rings. The van der Waals surface area contributed by atoms with Gasteiger partial charge < -0.3 is 5.32 Å². The molecule has 2 nitrogen and oxygen atoms in total. The summed E-state index contributed by atoms with van der Waals surface area (Å²) in [4.78, 5) is 11.8. The summed E-state index contributed by atoms with van der Waals surface area (Å²) in [5.74, 6) is 0.120. The Morgan fingerprint density at radius 2 is 2.07 bits per heavy atom. The van der Waals surface area contributed by atoms with Crippen molar-refractivity contribution in [2.24, 2.45) is 0 Å². The molecule has 1 heterocycles. The number of piperidine rings is 1. The molecule has 0 aromatic heterocycles. The quantitative estimate of drug-likeness (QED) is 0.587. The van der Waals surface area contributed by atoms with E-state index >= 15 is 0 Å². The average molecular weight is 201 g/mol. The zero-order valence-corrected chi connectivity index (χ0v) is 8.70. The smallest absolute Gasteiger partial charge is 0.185 e. The lowest BCUT2D eigenvalue weighted by molar-refractivity contribution is 0.104. The molecule has 0 radical (unpaired) electrons. The van der Waals surface area contributed by atoms with Gasteiger partial charge in [-0.25, -0.2) is 0 Å². The van der Waals surface area contributed by atoms with Crippen LogP contribution in [0.2, 0.25) is 0 Å². The fourth-order valence-corrected chi connectivity index (χ4v) is 1.77. The molecule has 0 aliphatic carbocycles. The van der Waals surface area contributed by atoms with E-state index in [1.165, 1.54) is 5.57 Å². The molecule has 1 fully saturated rings. The largest absolute Gasteiger partial charge is 0.313 e. The van der Waals surface area contributed by atoms with Crippen LogP contribution in [0, 0.1) is 0 Å². The molecule has 2 rings (SSSR count). The Hall–Kier alpha value is -1.41. The van der Waals surface area contributed by atoms with Gasteiger partial charge in [0.2, 0.25) is 0 Å².